The Morgan fingerprint density at radius 1 is 1.17 bits per heavy atom. The lowest BCUT2D eigenvalue weighted by molar-refractivity contribution is -0.115. The number of carbonyl (C=O) groups excluding carboxylic acids is 2. The van der Waals surface area contributed by atoms with E-state index in [0.717, 1.165) is 11.6 Å². The number of methoxy groups -OCH3 is 1. The molecule has 0 aliphatic carbocycles. The van der Waals surface area contributed by atoms with Crippen molar-refractivity contribution in [3.05, 3.63) is 59.4 Å². The average molecular weight is 316 g/mol. The standard InChI is InChI=1S/C17H17FN2O3/c1-11-6-7-15(23-2)14(8-11)20-16(21)10-19-17(22)12-4-3-5-13(18)9-12/h3-9H,10H2,1-2H3,(H,19,22)(H,20,21). The van der Waals surface area contributed by atoms with Crippen molar-refractivity contribution in [3.63, 3.8) is 0 Å². The van der Waals surface area contributed by atoms with Crippen LogP contribution in [0.1, 0.15) is 15.9 Å². The highest BCUT2D eigenvalue weighted by atomic mass is 19.1. The van der Waals surface area contributed by atoms with E-state index in [1.54, 1.807) is 12.1 Å². The molecule has 0 aliphatic heterocycles. The lowest BCUT2D eigenvalue weighted by Gasteiger charge is -2.11. The van der Waals surface area contributed by atoms with E-state index in [0.29, 0.717) is 11.4 Å². The minimum absolute atomic E-state index is 0.158. The molecule has 0 radical (unpaired) electrons. The van der Waals surface area contributed by atoms with Crippen LogP contribution >= 0.6 is 0 Å². The Kier molecular flexibility index (Phi) is 5.30. The van der Waals surface area contributed by atoms with E-state index in [1.807, 2.05) is 13.0 Å². The average Bonchev–Trinajstić information content (AvgIpc) is 2.53. The number of benzene rings is 2. The Labute approximate surface area is 133 Å². The molecule has 23 heavy (non-hydrogen) atoms. The third kappa shape index (κ3) is 4.54. The SMILES string of the molecule is COc1ccc(C)cc1NC(=O)CNC(=O)c1cccc(F)c1. The molecule has 0 spiro atoms. The molecular weight excluding hydrogens is 299 g/mol. The monoisotopic (exact) mass is 316 g/mol. The molecule has 2 aromatic carbocycles. The first kappa shape index (κ1) is 16.5. The first-order valence-electron chi connectivity index (χ1n) is 6.98. The van der Waals surface area contributed by atoms with Crippen LogP contribution in [0.25, 0.3) is 0 Å². The van der Waals surface area contributed by atoms with Gasteiger partial charge in [-0.2, -0.15) is 0 Å². The second-order valence-electron chi connectivity index (χ2n) is 4.94. The largest absolute Gasteiger partial charge is 0.495 e. The number of nitrogens with one attached hydrogen (secondary N) is 2. The molecule has 2 rings (SSSR count). The number of halogens is 1. The number of hydrogen-bond donors (Lipinski definition) is 2. The third-order valence-electron chi connectivity index (χ3n) is 3.13. The summed E-state index contributed by atoms with van der Waals surface area (Å²) in [5, 5.41) is 5.11. The zero-order valence-corrected chi connectivity index (χ0v) is 12.9. The zero-order valence-electron chi connectivity index (χ0n) is 12.9. The summed E-state index contributed by atoms with van der Waals surface area (Å²) in [7, 11) is 1.51. The zero-order chi connectivity index (χ0) is 16.8. The molecule has 0 atom stereocenters. The fourth-order valence-corrected chi connectivity index (χ4v) is 2.01. The number of aryl methyl sites for hydroxylation is 1. The summed E-state index contributed by atoms with van der Waals surface area (Å²) >= 11 is 0. The summed E-state index contributed by atoms with van der Waals surface area (Å²) < 4.78 is 18.2. The molecule has 0 unspecified atom stereocenters. The lowest BCUT2D eigenvalue weighted by atomic mass is 10.2. The van der Waals surface area contributed by atoms with Crippen molar-refractivity contribution < 1.29 is 18.7 Å². The van der Waals surface area contributed by atoms with Gasteiger partial charge in [0.1, 0.15) is 11.6 Å². The van der Waals surface area contributed by atoms with Crippen LogP contribution in [0.4, 0.5) is 10.1 Å². The molecule has 120 valence electrons. The molecule has 5 nitrogen and oxygen atoms in total. The molecule has 0 fully saturated rings. The van der Waals surface area contributed by atoms with Gasteiger partial charge in [0.25, 0.3) is 5.91 Å². The van der Waals surface area contributed by atoms with Gasteiger partial charge >= 0.3 is 0 Å². The quantitative estimate of drug-likeness (QED) is 0.890. The van der Waals surface area contributed by atoms with Crippen LogP contribution in [0.2, 0.25) is 0 Å². The summed E-state index contributed by atoms with van der Waals surface area (Å²) in [6.07, 6.45) is 0. The molecular formula is C17H17FN2O3. The van der Waals surface area contributed by atoms with Crippen molar-refractivity contribution in [1.29, 1.82) is 0 Å². The Bertz CT molecular complexity index is 732. The molecule has 2 N–H and O–H groups in total. The van der Waals surface area contributed by atoms with Crippen molar-refractivity contribution in [2.75, 3.05) is 19.0 Å². The van der Waals surface area contributed by atoms with Crippen LogP contribution in [0.3, 0.4) is 0 Å². The highest BCUT2D eigenvalue weighted by molar-refractivity contribution is 5.99. The van der Waals surface area contributed by atoms with Gasteiger partial charge in [-0.05, 0) is 42.8 Å². The topological polar surface area (TPSA) is 67.4 Å². The number of carbonyl (C=O) groups is 2. The first-order chi connectivity index (χ1) is 11.0. The Morgan fingerprint density at radius 2 is 1.96 bits per heavy atom. The number of rotatable bonds is 5. The predicted octanol–water partition coefficient (Wildman–Crippen LogP) is 2.51. The van der Waals surface area contributed by atoms with Gasteiger partial charge in [-0.15, -0.1) is 0 Å². The summed E-state index contributed by atoms with van der Waals surface area (Å²) in [6.45, 7) is 1.66. The van der Waals surface area contributed by atoms with E-state index in [4.69, 9.17) is 4.74 Å². The second kappa shape index (κ2) is 7.40. The van der Waals surface area contributed by atoms with E-state index < -0.39 is 17.6 Å². The van der Waals surface area contributed by atoms with Crippen molar-refractivity contribution in [3.8, 4) is 5.75 Å². The normalized spacial score (nSPS) is 10.0. The Hall–Kier alpha value is -2.89. The summed E-state index contributed by atoms with van der Waals surface area (Å²) in [6, 6.07) is 10.6. The fourth-order valence-electron chi connectivity index (χ4n) is 2.01. The highest BCUT2D eigenvalue weighted by Crippen LogP contribution is 2.24. The maximum absolute atomic E-state index is 13.1. The van der Waals surface area contributed by atoms with Crippen molar-refractivity contribution in [2.24, 2.45) is 0 Å². The predicted molar refractivity (Wildman–Crippen MR) is 85.1 cm³/mol. The van der Waals surface area contributed by atoms with Crippen molar-refractivity contribution >= 4 is 17.5 Å². The molecule has 0 aromatic heterocycles. The van der Waals surface area contributed by atoms with Gasteiger partial charge in [0, 0.05) is 5.56 Å². The van der Waals surface area contributed by atoms with Gasteiger partial charge < -0.3 is 15.4 Å². The van der Waals surface area contributed by atoms with E-state index in [2.05, 4.69) is 10.6 Å². The number of amides is 2. The molecule has 2 amide bonds. The summed E-state index contributed by atoms with van der Waals surface area (Å²) in [4.78, 5) is 23.8. The number of anilines is 1. The van der Waals surface area contributed by atoms with Gasteiger partial charge in [-0.25, -0.2) is 4.39 Å². The molecule has 6 heteroatoms. The van der Waals surface area contributed by atoms with Crippen LogP contribution in [0.5, 0.6) is 5.75 Å². The molecule has 0 heterocycles. The van der Waals surface area contributed by atoms with Gasteiger partial charge in [0.05, 0.1) is 19.3 Å². The highest BCUT2D eigenvalue weighted by Gasteiger charge is 2.11. The van der Waals surface area contributed by atoms with E-state index in [9.17, 15) is 14.0 Å². The minimum Gasteiger partial charge on any atom is -0.495 e. The van der Waals surface area contributed by atoms with Crippen molar-refractivity contribution in [1.82, 2.24) is 5.32 Å². The van der Waals surface area contributed by atoms with Gasteiger partial charge in [0.15, 0.2) is 0 Å². The van der Waals surface area contributed by atoms with Crippen LogP contribution in [0.15, 0.2) is 42.5 Å². The number of ether oxygens (including phenoxy) is 1. The first-order valence-corrected chi connectivity index (χ1v) is 6.98. The van der Waals surface area contributed by atoms with Gasteiger partial charge in [-0.1, -0.05) is 12.1 Å². The molecule has 0 bridgehead atoms. The van der Waals surface area contributed by atoms with Crippen LogP contribution < -0.4 is 15.4 Å². The molecule has 0 aliphatic rings. The van der Waals surface area contributed by atoms with Gasteiger partial charge in [-0.3, -0.25) is 9.59 Å². The maximum atomic E-state index is 13.1. The second-order valence-corrected chi connectivity index (χ2v) is 4.94. The lowest BCUT2D eigenvalue weighted by Crippen LogP contribution is -2.33. The van der Waals surface area contributed by atoms with Gasteiger partial charge in [0.2, 0.25) is 5.91 Å². The summed E-state index contributed by atoms with van der Waals surface area (Å²) in [5.74, 6) is -0.901. The molecule has 0 saturated carbocycles. The van der Waals surface area contributed by atoms with E-state index >= 15 is 0 Å². The van der Waals surface area contributed by atoms with Crippen LogP contribution in [-0.4, -0.2) is 25.5 Å². The smallest absolute Gasteiger partial charge is 0.251 e. The Morgan fingerprint density at radius 3 is 2.65 bits per heavy atom. The van der Waals surface area contributed by atoms with Crippen LogP contribution in [-0.2, 0) is 4.79 Å². The van der Waals surface area contributed by atoms with Crippen LogP contribution in [0, 0.1) is 12.7 Å². The maximum Gasteiger partial charge on any atom is 0.251 e. The van der Waals surface area contributed by atoms with Crippen molar-refractivity contribution in [2.45, 2.75) is 6.92 Å². The summed E-state index contributed by atoms with van der Waals surface area (Å²) in [5.41, 5.74) is 1.65. The van der Waals surface area contributed by atoms with E-state index in [-0.39, 0.29) is 12.1 Å². The third-order valence-corrected chi connectivity index (χ3v) is 3.13. The fraction of sp³-hybridized carbons (Fsp3) is 0.176. The molecule has 2 aromatic rings. The minimum atomic E-state index is -0.518. The Balaban J connectivity index is 1.95. The number of hydrogen-bond acceptors (Lipinski definition) is 3. The molecule has 0 saturated heterocycles. The van der Waals surface area contributed by atoms with E-state index in [1.165, 1.54) is 25.3 Å².